The van der Waals surface area contributed by atoms with E-state index in [2.05, 4.69) is 35.7 Å². The van der Waals surface area contributed by atoms with E-state index >= 15 is 0 Å². The molecule has 1 saturated heterocycles. The van der Waals surface area contributed by atoms with Crippen molar-refractivity contribution < 1.29 is 9.90 Å². The molecule has 2 unspecified atom stereocenters. The molecule has 2 atom stereocenters. The summed E-state index contributed by atoms with van der Waals surface area (Å²) in [5.41, 5.74) is 6.49. The number of piperazine rings is 1. The second-order valence-electron chi connectivity index (χ2n) is 5.18. The Labute approximate surface area is 112 Å². The third-order valence-electron chi connectivity index (χ3n) is 3.78. The second-order valence-corrected chi connectivity index (χ2v) is 5.18. The normalized spacial score (nSPS) is 24.5. The van der Waals surface area contributed by atoms with Crippen molar-refractivity contribution in [3.05, 3.63) is 17.8 Å². The molecule has 1 aromatic rings. The highest BCUT2D eigenvalue weighted by atomic mass is 16.4. The van der Waals surface area contributed by atoms with E-state index in [9.17, 15) is 4.79 Å². The molecule has 19 heavy (non-hydrogen) atoms. The molecule has 104 valence electrons. The van der Waals surface area contributed by atoms with Crippen molar-refractivity contribution in [2.24, 2.45) is 0 Å². The molecular weight excluding hydrogens is 244 g/mol. The molecule has 1 aliphatic heterocycles. The SMILES string of the molecule is CC1CN(c2nc(C(=O)O)ccc2N)CC(C)N1C. The van der Waals surface area contributed by atoms with Crippen LogP contribution in [0.2, 0.25) is 0 Å². The minimum absolute atomic E-state index is 0.0310. The molecular formula is C13H20N4O2. The lowest BCUT2D eigenvalue weighted by Crippen LogP contribution is -2.55. The van der Waals surface area contributed by atoms with Gasteiger partial charge in [-0.05, 0) is 33.0 Å². The molecule has 2 rings (SSSR count). The summed E-state index contributed by atoms with van der Waals surface area (Å²) < 4.78 is 0. The molecule has 6 heteroatoms. The van der Waals surface area contributed by atoms with Crippen molar-refractivity contribution in [1.29, 1.82) is 0 Å². The van der Waals surface area contributed by atoms with Gasteiger partial charge in [-0.2, -0.15) is 0 Å². The number of likely N-dealkylation sites (N-methyl/N-ethyl adjacent to an activating group) is 1. The van der Waals surface area contributed by atoms with Crippen LogP contribution in [-0.4, -0.2) is 53.2 Å². The quantitative estimate of drug-likeness (QED) is 0.825. The van der Waals surface area contributed by atoms with Crippen molar-refractivity contribution >= 4 is 17.5 Å². The molecule has 0 aromatic carbocycles. The zero-order chi connectivity index (χ0) is 14.2. The van der Waals surface area contributed by atoms with Gasteiger partial charge < -0.3 is 15.7 Å². The van der Waals surface area contributed by atoms with E-state index < -0.39 is 5.97 Å². The minimum atomic E-state index is -1.03. The van der Waals surface area contributed by atoms with Gasteiger partial charge in [0.2, 0.25) is 0 Å². The molecule has 0 radical (unpaired) electrons. The number of nitrogens with two attached hydrogens (primary N) is 1. The Balaban J connectivity index is 2.31. The van der Waals surface area contributed by atoms with Gasteiger partial charge in [0.25, 0.3) is 0 Å². The number of hydrogen-bond donors (Lipinski definition) is 2. The van der Waals surface area contributed by atoms with Crippen LogP contribution in [0.25, 0.3) is 0 Å². The Morgan fingerprint density at radius 3 is 2.47 bits per heavy atom. The first-order valence-electron chi connectivity index (χ1n) is 6.37. The lowest BCUT2D eigenvalue weighted by atomic mass is 10.1. The van der Waals surface area contributed by atoms with Gasteiger partial charge >= 0.3 is 5.97 Å². The first-order chi connectivity index (χ1) is 8.90. The summed E-state index contributed by atoms with van der Waals surface area (Å²) in [7, 11) is 2.09. The molecule has 0 amide bonds. The Morgan fingerprint density at radius 1 is 1.37 bits per heavy atom. The van der Waals surface area contributed by atoms with Crippen molar-refractivity contribution in [3.8, 4) is 0 Å². The van der Waals surface area contributed by atoms with E-state index in [0.717, 1.165) is 13.1 Å². The Kier molecular flexibility index (Phi) is 3.61. The van der Waals surface area contributed by atoms with E-state index in [0.29, 0.717) is 23.6 Å². The molecule has 0 bridgehead atoms. The van der Waals surface area contributed by atoms with Crippen LogP contribution in [-0.2, 0) is 0 Å². The number of hydrogen-bond acceptors (Lipinski definition) is 5. The van der Waals surface area contributed by atoms with Gasteiger partial charge in [0.1, 0.15) is 0 Å². The first-order valence-corrected chi connectivity index (χ1v) is 6.37. The van der Waals surface area contributed by atoms with Crippen LogP contribution in [0.15, 0.2) is 12.1 Å². The van der Waals surface area contributed by atoms with Crippen molar-refractivity contribution in [2.45, 2.75) is 25.9 Å². The molecule has 1 fully saturated rings. The van der Waals surface area contributed by atoms with Gasteiger partial charge in [-0.15, -0.1) is 0 Å². The number of aromatic nitrogens is 1. The zero-order valence-electron chi connectivity index (χ0n) is 11.5. The van der Waals surface area contributed by atoms with E-state index in [-0.39, 0.29) is 5.69 Å². The average molecular weight is 264 g/mol. The monoisotopic (exact) mass is 264 g/mol. The number of carboxylic acid groups (broad SMARTS) is 1. The van der Waals surface area contributed by atoms with E-state index in [1.807, 2.05) is 0 Å². The number of carboxylic acids is 1. The summed E-state index contributed by atoms with van der Waals surface area (Å²) in [5.74, 6) is -0.455. The maximum Gasteiger partial charge on any atom is 0.354 e. The van der Waals surface area contributed by atoms with Crippen LogP contribution in [0.3, 0.4) is 0 Å². The van der Waals surface area contributed by atoms with Crippen LogP contribution >= 0.6 is 0 Å². The molecule has 0 saturated carbocycles. The maximum absolute atomic E-state index is 11.0. The maximum atomic E-state index is 11.0. The minimum Gasteiger partial charge on any atom is -0.477 e. The molecule has 1 aromatic heterocycles. The Morgan fingerprint density at radius 2 is 1.95 bits per heavy atom. The van der Waals surface area contributed by atoms with Crippen LogP contribution in [0.5, 0.6) is 0 Å². The fraction of sp³-hybridized carbons (Fsp3) is 0.538. The summed E-state index contributed by atoms with van der Waals surface area (Å²) >= 11 is 0. The van der Waals surface area contributed by atoms with Gasteiger partial charge in [-0.25, -0.2) is 9.78 Å². The summed E-state index contributed by atoms with van der Waals surface area (Å²) in [4.78, 5) is 19.5. The number of anilines is 2. The molecule has 3 N–H and O–H groups in total. The molecule has 0 aliphatic carbocycles. The molecule has 2 heterocycles. The van der Waals surface area contributed by atoms with Crippen LogP contribution in [0.4, 0.5) is 11.5 Å². The Bertz CT molecular complexity index is 480. The summed E-state index contributed by atoms with van der Waals surface area (Å²) in [6.45, 7) is 5.86. The number of nitrogens with zero attached hydrogens (tertiary/aromatic N) is 3. The number of aromatic carboxylic acids is 1. The van der Waals surface area contributed by atoms with Gasteiger partial charge in [0.15, 0.2) is 11.5 Å². The summed E-state index contributed by atoms with van der Waals surface area (Å²) in [5, 5.41) is 9.01. The van der Waals surface area contributed by atoms with Crippen LogP contribution in [0, 0.1) is 0 Å². The first kappa shape index (κ1) is 13.6. The van der Waals surface area contributed by atoms with Crippen molar-refractivity contribution in [1.82, 2.24) is 9.88 Å². The lowest BCUT2D eigenvalue weighted by molar-refractivity contribution is 0.0690. The van der Waals surface area contributed by atoms with Crippen LogP contribution < -0.4 is 10.6 Å². The van der Waals surface area contributed by atoms with Crippen LogP contribution in [0.1, 0.15) is 24.3 Å². The largest absolute Gasteiger partial charge is 0.477 e. The highest BCUT2D eigenvalue weighted by Gasteiger charge is 2.28. The second kappa shape index (κ2) is 5.05. The van der Waals surface area contributed by atoms with E-state index in [1.165, 1.54) is 6.07 Å². The fourth-order valence-electron chi connectivity index (χ4n) is 2.41. The highest BCUT2D eigenvalue weighted by Crippen LogP contribution is 2.25. The van der Waals surface area contributed by atoms with Gasteiger partial charge in [0, 0.05) is 25.2 Å². The third-order valence-corrected chi connectivity index (χ3v) is 3.78. The molecule has 6 nitrogen and oxygen atoms in total. The number of rotatable bonds is 2. The topological polar surface area (TPSA) is 82.7 Å². The fourth-order valence-corrected chi connectivity index (χ4v) is 2.41. The van der Waals surface area contributed by atoms with Gasteiger partial charge in [0.05, 0.1) is 5.69 Å². The third kappa shape index (κ3) is 2.63. The number of pyridine rings is 1. The number of carbonyl (C=O) groups is 1. The smallest absolute Gasteiger partial charge is 0.354 e. The summed E-state index contributed by atoms with van der Waals surface area (Å²) in [6, 6.07) is 3.79. The predicted molar refractivity (Wildman–Crippen MR) is 74.5 cm³/mol. The highest BCUT2D eigenvalue weighted by molar-refractivity contribution is 5.87. The van der Waals surface area contributed by atoms with Gasteiger partial charge in [-0.3, -0.25) is 4.90 Å². The zero-order valence-corrected chi connectivity index (χ0v) is 11.5. The molecule has 1 aliphatic rings. The van der Waals surface area contributed by atoms with E-state index in [4.69, 9.17) is 10.8 Å². The average Bonchev–Trinajstić information content (AvgIpc) is 2.35. The van der Waals surface area contributed by atoms with Crippen molar-refractivity contribution in [2.75, 3.05) is 30.8 Å². The van der Waals surface area contributed by atoms with Gasteiger partial charge in [-0.1, -0.05) is 0 Å². The lowest BCUT2D eigenvalue weighted by Gasteiger charge is -2.43. The summed E-state index contributed by atoms with van der Waals surface area (Å²) in [6.07, 6.45) is 0. The Hall–Kier alpha value is -1.82. The molecule has 0 spiro atoms. The van der Waals surface area contributed by atoms with E-state index in [1.54, 1.807) is 6.07 Å². The standard InChI is InChI=1S/C13H20N4O2/c1-8-6-17(7-9(2)16(8)3)12-10(14)4-5-11(15-12)13(18)19/h4-5,8-9H,6-7,14H2,1-3H3,(H,18,19). The number of nitrogen functional groups attached to an aromatic ring is 1. The predicted octanol–water partition coefficient (Wildman–Crippen LogP) is 0.891. The van der Waals surface area contributed by atoms with Crippen molar-refractivity contribution in [3.63, 3.8) is 0 Å².